The van der Waals surface area contributed by atoms with Crippen LogP contribution in [-0.2, 0) is 6.42 Å². The molecule has 1 N–H and O–H groups in total. The summed E-state index contributed by atoms with van der Waals surface area (Å²) in [4.78, 5) is 13.5. The number of aromatic nitrogens is 3. The zero-order valence-corrected chi connectivity index (χ0v) is 10.6. The summed E-state index contributed by atoms with van der Waals surface area (Å²) in [5, 5.41) is 0.976. The molecular formula is C13H14F2N4. The minimum absolute atomic E-state index is 0.0263. The van der Waals surface area contributed by atoms with E-state index in [9.17, 15) is 8.78 Å². The zero-order chi connectivity index (χ0) is 13.3. The number of nitrogens with one attached hydrogen (secondary N) is 1. The van der Waals surface area contributed by atoms with Crippen molar-refractivity contribution in [1.82, 2.24) is 15.0 Å². The Hall–Kier alpha value is -1.72. The summed E-state index contributed by atoms with van der Waals surface area (Å²) < 4.78 is 26.5. The van der Waals surface area contributed by atoms with E-state index in [1.54, 1.807) is 0 Å². The van der Waals surface area contributed by atoms with E-state index in [4.69, 9.17) is 0 Å². The van der Waals surface area contributed by atoms with Gasteiger partial charge in [0.2, 0.25) is 0 Å². The number of hydrogen-bond donors (Lipinski definition) is 1. The first-order valence-corrected chi connectivity index (χ1v) is 6.50. The van der Waals surface area contributed by atoms with Gasteiger partial charge in [-0.05, 0) is 12.0 Å². The van der Waals surface area contributed by atoms with Crippen LogP contribution in [0.3, 0.4) is 0 Å². The molecule has 19 heavy (non-hydrogen) atoms. The molecule has 2 fully saturated rings. The summed E-state index contributed by atoms with van der Waals surface area (Å²) in [5.74, 6) is -1.68. The molecule has 0 unspecified atom stereocenters. The van der Waals surface area contributed by atoms with Crippen molar-refractivity contribution in [3.63, 3.8) is 0 Å². The van der Waals surface area contributed by atoms with Gasteiger partial charge >= 0.3 is 0 Å². The van der Waals surface area contributed by atoms with Crippen molar-refractivity contribution in [3.8, 4) is 0 Å². The number of alkyl halides is 2. The number of halogens is 2. The predicted octanol–water partition coefficient (Wildman–Crippen LogP) is 2.37. The summed E-state index contributed by atoms with van der Waals surface area (Å²) in [7, 11) is 0. The van der Waals surface area contributed by atoms with Crippen molar-refractivity contribution in [2.75, 3.05) is 18.0 Å². The number of nitrogens with zero attached hydrogens (tertiary/aromatic N) is 3. The van der Waals surface area contributed by atoms with E-state index in [1.807, 2.05) is 11.1 Å². The number of fused-ring (bicyclic) bond motifs is 1. The van der Waals surface area contributed by atoms with E-state index < -0.39 is 11.3 Å². The van der Waals surface area contributed by atoms with Crippen LogP contribution in [0.2, 0.25) is 0 Å². The van der Waals surface area contributed by atoms with Gasteiger partial charge in [0.25, 0.3) is 5.92 Å². The Bertz CT molecular complexity index is 658. The molecule has 4 nitrogen and oxygen atoms in total. The lowest BCUT2D eigenvalue weighted by Crippen LogP contribution is -2.52. The normalized spacial score (nSPS) is 22.8. The van der Waals surface area contributed by atoms with Crippen LogP contribution in [0.1, 0.15) is 18.9 Å². The summed E-state index contributed by atoms with van der Waals surface area (Å²) in [5.41, 5.74) is 1.15. The number of rotatable bonds is 2. The van der Waals surface area contributed by atoms with Crippen molar-refractivity contribution < 1.29 is 8.78 Å². The second kappa shape index (κ2) is 3.23. The third-order valence-corrected chi connectivity index (χ3v) is 4.41. The van der Waals surface area contributed by atoms with Gasteiger partial charge in [-0.1, -0.05) is 6.92 Å². The van der Waals surface area contributed by atoms with E-state index in [2.05, 4.69) is 21.9 Å². The molecule has 3 heterocycles. The van der Waals surface area contributed by atoms with Crippen LogP contribution in [0.25, 0.3) is 11.0 Å². The highest BCUT2D eigenvalue weighted by molar-refractivity contribution is 5.91. The van der Waals surface area contributed by atoms with E-state index >= 15 is 0 Å². The standard InChI is InChI=1S/C13H14F2N4/c1-2-8-3-16-10-9(8)11(18-7-17-10)19-5-12(6-19)4-13(12,14)15/h3,7H,2,4-6H2,1H3,(H,16,17,18). The van der Waals surface area contributed by atoms with Crippen LogP contribution in [0.5, 0.6) is 0 Å². The molecule has 1 aliphatic heterocycles. The Labute approximate surface area is 108 Å². The largest absolute Gasteiger partial charge is 0.354 e. The summed E-state index contributed by atoms with van der Waals surface area (Å²) >= 11 is 0. The van der Waals surface area contributed by atoms with Gasteiger partial charge < -0.3 is 9.88 Å². The van der Waals surface area contributed by atoms with Gasteiger partial charge in [0.1, 0.15) is 17.8 Å². The first-order chi connectivity index (χ1) is 9.06. The molecule has 6 heteroatoms. The van der Waals surface area contributed by atoms with E-state index in [0.29, 0.717) is 13.1 Å². The van der Waals surface area contributed by atoms with Gasteiger partial charge in [-0.15, -0.1) is 0 Å². The number of anilines is 1. The van der Waals surface area contributed by atoms with E-state index in [1.165, 1.54) is 6.33 Å². The maximum absolute atomic E-state index is 13.3. The third-order valence-electron chi connectivity index (χ3n) is 4.41. The molecule has 4 rings (SSSR count). The molecule has 2 aliphatic rings. The SMILES string of the molecule is CCc1c[nH]c2ncnc(N3CC4(C3)CC4(F)F)c12. The Balaban J connectivity index is 1.71. The number of H-pyrrole nitrogens is 1. The van der Waals surface area contributed by atoms with Gasteiger partial charge in [-0.2, -0.15) is 0 Å². The second-order valence-electron chi connectivity index (χ2n) is 5.61. The minimum atomic E-state index is -2.47. The molecule has 0 amide bonds. The lowest BCUT2D eigenvalue weighted by atomic mass is 9.95. The van der Waals surface area contributed by atoms with Crippen molar-refractivity contribution >= 4 is 16.9 Å². The monoisotopic (exact) mass is 264 g/mol. The van der Waals surface area contributed by atoms with Crippen LogP contribution in [0.4, 0.5) is 14.6 Å². The van der Waals surface area contributed by atoms with Gasteiger partial charge in [0, 0.05) is 25.7 Å². The first-order valence-electron chi connectivity index (χ1n) is 6.50. The van der Waals surface area contributed by atoms with Crippen molar-refractivity contribution in [3.05, 3.63) is 18.1 Å². The number of aryl methyl sites for hydroxylation is 1. The molecule has 0 radical (unpaired) electrons. The van der Waals surface area contributed by atoms with E-state index in [0.717, 1.165) is 28.8 Å². The molecule has 1 saturated heterocycles. The van der Waals surface area contributed by atoms with Crippen molar-refractivity contribution in [2.24, 2.45) is 5.41 Å². The van der Waals surface area contributed by atoms with Gasteiger partial charge in [0.05, 0.1) is 10.8 Å². The fourth-order valence-electron chi connectivity index (χ4n) is 3.09. The van der Waals surface area contributed by atoms with Crippen LogP contribution in [-0.4, -0.2) is 34.0 Å². The van der Waals surface area contributed by atoms with Crippen LogP contribution in [0.15, 0.2) is 12.5 Å². The quantitative estimate of drug-likeness (QED) is 0.905. The first kappa shape index (κ1) is 11.1. The average molecular weight is 264 g/mol. The Kier molecular flexibility index (Phi) is 1.90. The average Bonchev–Trinajstić information content (AvgIpc) is 2.73. The summed E-state index contributed by atoms with van der Waals surface area (Å²) in [6.07, 6.45) is 4.31. The number of aromatic amines is 1. The highest BCUT2D eigenvalue weighted by atomic mass is 19.3. The minimum Gasteiger partial charge on any atom is -0.354 e. The van der Waals surface area contributed by atoms with Gasteiger partial charge in [0.15, 0.2) is 0 Å². The molecule has 1 spiro atoms. The summed E-state index contributed by atoms with van der Waals surface area (Å²) in [6, 6.07) is 0. The highest BCUT2D eigenvalue weighted by Gasteiger charge is 2.76. The van der Waals surface area contributed by atoms with Crippen molar-refractivity contribution in [2.45, 2.75) is 25.7 Å². The fourth-order valence-corrected chi connectivity index (χ4v) is 3.09. The molecule has 2 aromatic heterocycles. The molecule has 2 aromatic rings. The predicted molar refractivity (Wildman–Crippen MR) is 67.5 cm³/mol. The van der Waals surface area contributed by atoms with Crippen LogP contribution >= 0.6 is 0 Å². The molecule has 0 aromatic carbocycles. The Morgan fingerprint density at radius 3 is 2.74 bits per heavy atom. The maximum Gasteiger partial charge on any atom is 0.258 e. The molecule has 1 aliphatic carbocycles. The molecule has 0 bridgehead atoms. The maximum atomic E-state index is 13.3. The molecular weight excluding hydrogens is 250 g/mol. The highest BCUT2D eigenvalue weighted by Crippen LogP contribution is 2.65. The van der Waals surface area contributed by atoms with Gasteiger partial charge in [-0.25, -0.2) is 18.7 Å². The lowest BCUT2D eigenvalue weighted by molar-refractivity contribution is 0.0519. The molecule has 0 atom stereocenters. The smallest absolute Gasteiger partial charge is 0.258 e. The topological polar surface area (TPSA) is 44.8 Å². The molecule has 1 saturated carbocycles. The Morgan fingerprint density at radius 2 is 2.11 bits per heavy atom. The third kappa shape index (κ3) is 1.31. The Morgan fingerprint density at radius 1 is 1.37 bits per heavy atom. The summed E-state index contributed by atoms with van der Waals surface area (Å²) in [6.45, 7) is 2.87. The zero-order valence-electron chi connectivity index (χ0n) is 10.6. The lowest BCUT2D eigenvalue weighted by Gasteiger charge is -2.41. The second-order valence-corrected chi connectivity index (χ2v) is 5.61. The van der Waals surface area contributed by atoms with Crippen molar-refractivity contribution in [1.29, 1.82) is 0 Å². The number of hydrogen-bond acceptors (Lipinski definition) is 3. The van der Waals surface area contributed by atoms with E-state index in [-0.39, 0.29) is 6.42 Å². The molecule has 100 valence electrons. The van der Waals surface area contributed by atoms with Gasteiger partial charge in [-0.3, -0.25) is 0 Å². The van der Waals surface area contributed by atoms with Crippen LogP contribution < -0.4 is 4.90 Å². The van der Waals surface area contributed by atoms with Crippen LogP contribution in [0, 0.1) is 5.41 Å². The fraction of sp³-hybridized carbons (Fsp3) is 0.538.